The lowest BCUT2D eigenvalue weighted by molar-refractivity contribution is -0.120. The van der Waals surface area contributed by atoms with Gasteiger partial charge in [0, 0.05) is 22.3 Å². The van der Waals surface area contributed by atoms with Gasteiger partial charge in [0.2, 0.25) is 0 Å². The second-order valence-corrected chi connectivity index (χ2v) is 4.91. The molecule has 5 heteroatoms. The molecule has 2 rings (SSSR count). The van der Waals surface area contributed by atoms with Gasteiger partial charge in [-0.25, -0.2) is 0 Å². The number of allylic oxidation sites excluding steroid dienone is 1. The van der Waals surface area contributed by atoms with Crippen LogP contribution in [0.4, 0.5) is 0 Å². The summed E-state index contributed by atoms with van der Waals surface area (Å²) in [5.74, 6) is -1.11. The molecule has 1 aromatic rings. The molecular weight excluding hydrogens is 256 g/mol. The highest BCUT2D eigenvalue weighted by atomic mass is 16.1. The molecule has 0 heterocycles. The maximum atomic E-state index is 12.5. The van der Waals surface area contributed by atoms with Crippen molar-refractivity contribution in [1.29, 1.82) is 0 Å². The fourth-order valence-electron chi connectivity index (χ4n) is 2.32. The first kappa shape index (κ1) is 14.3. The van der Waals surface area contributed by atoms with Gasteiger partial charge in [0.25, 0.3) is 0 Å². The van der Waals surface area contributed by atoms with E-state index in [0.717, 1.165) is 0 Å². The molecule has 20 heavy (non-hydrogen) atoms. The Morgan fingerprint density at radius 3 is 2.05 bits per heavy atom. The zero-order valence-corrected chi connectivity index (χ0v) is 11.3. The summed E-state index contributed by atoms with van der Waals surface area (Å²) in [6, 6.07) is 4.56. The van der Waals surface area contributed by atoms with E-state index >= 15 is 0 Å². The molecular formula is C15H16N2O3. The van der Waals surface area contributed by atoms with Crippen molar-refractivity contribution in [2.75, 3.05) is 0 Å². The molecule has 0 radical (unpaired) electrons. The standard InChI is InChI=1S/C15H16N2O3/c1-7-11(12(17)14(19)8(2)16)15(20)10-6-4-3-5-9(10)13(7)18/h3-6,8,12H,16-17H2,1-2H3/t8-,12?/m0/s1. The second kappa shape index (κ2) is 5.11. The largest absolute Gasteiger partial charge is 0.322 e. The van der Waals surface area contributed by atoms with E-state index in [1.165, 1.54) is 13.8 Å². The first-order valence-electron chi connectivity index (χ1n) is 6.30. The van der Waals surface area contributed by atoms with Crippen molar-refractivity contribution in [3.63, 3.8) is 0 Å². The van der Waals surface area contributed by atoms with Gasteiger partial charge in [-0.3, -0.25) is 14.4 Å². The Morgan fingerprint density at radius 2 is 1.55 bits per heavy atom. The van der Waals surface area contributed by atoms with Crippen molar-refractivity contribution in [2.45, 2.75) is 25.9 Å². The van der Waals surface area contributed by atoms with E-state index < -0.39 is 17.9 Å². The molecule has 0 fully saturated rings. The molecule has 0 spiro atoms. The highest BCUT2D eigenvalue weighted by Crippen LogP contribution is 2.27. The molecule has 4 N–H and O–H groups in total. The molecule has 0 saturated carbocycles. The van der Waals surface area contributed by atoms with Crippen molar-refractivity contribution in [2.24, 2.45) is 11.5 Å². The van der Waals surface area contributed by atoms with E-state index in [1.54, 1.807) is 24.3 Å². The van der Waals surface area contributed by atoms with Crippen LogP contribution in [-0.2, 0) is 4.79 Å². The maximum absolute atomic E-state index is 12.5. The van der Waals surface area contributed by atoms with Crippen molar-refractivity contribution in [3.05, 3.63) is 46.5 Å². The normalized spacial score (nSPS) is 17.8. The quantitative estimate of drug-likeness (QED) is 0.839. The van der Waals surface area contributed by atoms with Crippen LogP contribution < -0.4 is 11.5 Å². The molecule has 0 bridgehead atoms. The van der Waals surface area contributed by atoms with Gasteiger partial charge in [0.05, 0.1) is 12.1 Å². The Morgan fingerprint density at radius 1 is 1.05 bits per heavy atom. The Kier molecular flexibility index (Phi) is 3.65. The number of hydrogen-bond donors (Lipinski definition) is 2. The molecule has 0 saturated heterocycles. The molecule has 1 unspecified atom stereocenters. The third-order valence-corrected chi connectivity index (χ3v) is 3.47. The number of benzene rings is 1. The topological polar surface area (TPSA) is 103 Å². The van der Waals surface area contributed by atoms with Crippen molar-refractivity contribution >= 4 is 17.3 Å². The number of Topliss-reactive ketones (excluding diaryl/α,β-unsaturated/α-hetero) is 3. The summed E-state index contributed by atoms with van der Waals surface area (Å²) in [4.78, 5) is 36.6. The summed E-state index contributed by atoms with van der Waals surface area (Å²) < 4.78 is 0. The van der Waals surface area contributed by atoms with Crippen LogP contribution in [0.15, 0.2) is 35.4 Å². The van der Waals surface area contributed by atoms with Crippen LogP contribution in [0.25, 0.3) is 0 Å². The van der Waals surface area contributed by atoms with Gasteiger partial charge in [-0.2, -0.15) is 0 Å². The lowest BCUT2D eigenvalue weighted by Crippen LogP contribution is -2.46. The molecule has 0 aromatic heterocycles. The molecule has 1 aliphatic carbocycles. The summed E-state index contributed by atoms with van der Waals surface area (Å²) in [6.07, 6.45) is 0. The van der Waals surface area contributed by atoms with Crippen LogP contribution in [-0.4, -0.2) is 29.4 Å². The van der Waals surface area contributed by atoms with E-state index in [0.29, 0.717) is 5.56 Å². The van der Waals surface area contributed by atoms with Gasteiger partial charge in [-0.05, 0) is 13.8 Å². The van der Waals surface area contributed by atoms with Crippen LogP contribution in [0.3, 0.4) is 0 Å². The van der Waals surface area contributed by atoms with Gasteiger partial charge >= 0.3 is 0 Å². The highest BCUT2D eigenvalue weighted by molar-refractivity contribution is 6.28. The zero-order valence-electron chi connectivity index (χ0n) is 11.3. The molecule has 5 nitrogen and oxygen atoms in total. The first-order valence-corrected chi connectivity index (χ1v) is 6.30. The second-order valence-electron chi connectivity index (χ2n) is 4.91. The number of nitrogens with two attached hydrogens (primary N) is 2. The molecule has 0 amide bonds. The van der Waals surface area contributed by atoms with Gasteiger partial charge in [0.1, 0.15) is 0 Å². The van der Waals surface area contributed by atoms with Crippen LogP contribution in [0, 0.1) is 0 Å². The predicted molar refractivity (Wildman–Crippen MR) is 74.4 cm³/mol. The summed E-state index contributed by atoms with van der Waals surface area (Å²) in [6.45, 7) is 3.01. The minimum absolute atomic E-state index is 0.0519. The molecule has 0 aliphatic heterocycles. The van der Waals surface area contributed by atoms with Crippen molar-refractivity contribution in [1.82, 2.24) is 0 Å². The summed E-state index contributed by atoms with van der Waals surface area (Å²) in [5.41, 5.74) is 12.2. The van der Waals surface area contributed by atoms with E-state index in [9.17, 15) is 14.4 Å². The summed E-state index contributed by atoms with van der Waals surface area (Å²) in [5, 5.41) is 0. The number of hydrogen-bond acceptors (Lipinski definition) is 5. The fraction of sp³-hybridized carbons (Fsp3) is 0.267. The number of carbonyl (C=O) groups is 3. The summed E-state index contributed by atoms with van der Waals surface area (Å²) in [7, 11) is 0. The zero-order chi connectivity index (χ0) is 15.0. The van der Waals surface area contributed by atoms with Crippen LogP contribution >= 0.6 is 0 Å². The van der Waals surface area contributed by atoms with Crippen molar-refractivity contribution < 1.29 is 14.4 Å². The SMILES string of the molecule is CC1=C(C(N)C(=O)[C@H](C)N)C(=O)c2ccccc2C1=O. The Balaban J connectivity index is 2.55. The lowest BCUT2D eigenvalue weighted by atomic mass is 9.80. The number of fused-ring (bicyclic) bond motifs is 1. The van der Waals surface area contributed by atoms with Gasteiger partial charge in [0.15, 0.2) is 17.3 Å². The predicted octanol–water partition coefficient (Wildman–Crippen LogP) is 0.626. The van der Waals surface area contributed by atoms with Crippen LogP contribution in [0.2, 0.25) is 0 Å². The minimum atomic E-state index is -1.17. The molecule has 1 aromatic carbocycles. The molecule has 104 valence electrons. The number of ketones is 3. The van der Waals surface area contributed by atoms with Crippen LogP contribution in [0.5, 0.6) is 0 Å². The molecule has 2 atom stereocenters. The third kappa shape index (κ3) is 2.11. The maximum Gasteiger partial charge on any atom is 0.192 e. The van der Waals surface area contributed by atoms with Gasteiger partial charge < -0.3 is 11.5 Å². The number of carbonyl (C=O) groups excluding carboxylic acids is 3. The lowest BCUT2D eigenvalue weighted by Gasteiger charge is -2.23. The Bertz CT molecular complexity index is 644. The fourth-order valence-corrected chi connectivity index (χ4v) is 2.32. The average molecular weight is 272 g/mol. The van der Waals surface area contributed by atoms with Gasteiger partial charge in [-0.1, -0.05) is 24.3 Å². The highest BCUT2D eigenvalue weighted by Gasteiger charge is 2.35. The first-order chi connectivity index (χ1) is 9.36. The third-order valence-electron chi connectivity index (χ3n) is 3.47. The molecule has 1 aliphatic rings. The summed E-state index contributed by atoms with van der Waals surface area (Å²) >= 11 is 0. The number of rotatable bonds is 3. The Hall–Kier alpha value is -2.11. The Labute approximate surface area is 116 Å². The minimum Gasteiger partial charge on any atom is -0.322 e. The van der Waals surface area contributed by atoms with Crippen molar-refractivity contribution in [3.8, 4) is 0 Å². The average Bonchev–Trinajstić information content (AvgIpc) is 2.44. The van der Waals surface area contributed by atoms with E-state index in [1.807, 2.05) is 0 Å². The van der Waals surface area contributed by atoms with E-state index in [-0.39, 0.29) is 28.3 Å². The van der Waals surface area contributed by atoms with E-state index in [4.69, 9.17) is 11.5 Å². The monoisotopic (exact) mass is 272 g/mol. The smallest absolute Gasteiger partial charge is 0.192 e. The van der Waals surface area contributed by atoms with E-state index in [2.05, 4.69) is 0 Å². The van der Waals surface area contributed by atoms with Gasteiger partial charge in [-0.15, -0.1) is 0 Å². The van der Waals surface area contributed by atoms with Crippen LogP contribution in [0.1, 0.15) is 34.6 Å².